The summed E-state index contributed by atoms with van der Waals surface area (Å²) in [6, 6.07) is 18.6. The van der Waals surface area contributed by atoms with Gasteiger partial charge in [0.2, 0.25) is 0 Å². The van der Waals surface area contributed by atoms with Gasteiger partial charge < -0.3 is 10.1 Å². The summed E-state index contributed by atoms with van der Waals surface area (Å²) in [6.07, 6.45) is 1.02. The second-order valence-electron chi connectivity index (χ2n) is 4.99. The third kappa shape index (κ3) is 5.33. The SMILES string of the molecule is CNC(C)Cc1ccc(OCC#Cc2ccccc2)cc1. The Balaban J connectivity index is 1.83. The number of ether oxygens (including phenoxy) is 1. The Labute approximate surface area is 127 Å². The first-order valence-electron chi connectivity index (χ1n) is 7.21. The number of hydrogen-bond acceptors (Lipinski definition) is 2. The average Bonchev–Trinajstić information content (AvgIpc) is 2.54. The molecule has 0 amide bonds. The van der Waals surface area contributed by atoms with Gasteiger partial charge in [-0.05, 0) is 50.2 Å². The molecule has 1 atom stereocenters. The van der Waals surface area contributed by atoms with E-state index in [0.29, 0.717) is 12.6 Å². The van der Waals surface area contributed by atoms with Crippen LogP contribution in [-0.2, 0) is 6.42 Å². The predicted octanol–water partition coefficient (Wildman–Crippen LogP) is 3.27. The van der Waals surface area contributed by atoms with Crippen molar-refractivity contribution in [2.75, 3.05) is 13.7 Å². The molecule has 0 bridgehead atoms. The quantitative estimate of drug-likeness (QED) is 0.848. The molecule has 0 aromatic heterocycles. The highest BCUT2D eigenvalue weighted by Crippen LogP contribution is 2.13. The first-order valence-corrected chi connectivity index (χ1v) is 7.21. The maximum absolute atomic E-state index is 5.62. The Morgan fingerprint density at radius 2 is 1.76 bits per heavy atom. The van der Waals surface area contributed by atoms with Crippen LogP contribution >= 0.6 is 0 Å². The van der Waals surface area contributed by atoms with Gasteiger partial charge in [-0.1, -0.05) is 42.2 Å². The molecular formula is C19H21NO. The molecule has 1 unspecified atom stereocenters. The minimum atomic E-state index is 0.404. The fourth-order valence-electron chi connectivity index (χ4n) is 1.96. The van der Waals surface area contributed by atoms with Crippen molar-refractivity contribution >= 4 is 0 Å². The minimum absolute atomic E-state index is 0.404. The number of benzene rings is 2. The van der Waals surface area contributed by atoms with Crippen LogP contribution in [0.5, 0.6) is 5.75 Å². The summed E-state index contributed by atoms with van der Waals surface area (Å²) in [5.74, 6) is 6.96. The molecule has 2 aromatic rings. The summed E-state index contributed by atoms with van der Waals surface area (Å²) in [4.78, 5) is 0. The normalized spacial score (nSPS) is 11.3. The molecule has 0 heterocycles. The average molecular weight is 279 g/mol. The maximum atomic E-state index is 5.62. The lowest BCUT2D eigenvalue weighted by Crippen LogP contribution is -2.23. The number of nitrogens with one attached hydrogen (secondary N) is 1. The van der Waals surface area contributed by atoms with E-state index in [1.807, 2.05) is 49.5 Å². The third-order valence-electron chi connectivity index (χ3n) is 3.28. The molecule has 2 aromatic carbocycles. The van der Waals surface area contributed by atoms with E-state index in [2.05, 4.69) is 36.2 Å². The van der Waals surface area contributed by atoms with E-state index in [4.69, 9.17) is 4.74 Å². The van der Waals surface area contributed by atoms with Gasteiger partial charge in [0.1, 0.15) is 12.4 Å². The van der Waals surface area contributed by atoms with Gasteiger partial charge in [0.15, 0.2) is 0 Å². The third-order valence-corrected chi connectivity index (χ3v) is 3.28. The molecule has 0 aliphatic rings. The Hall–Kier alpha value is -2.24. The fourth-order valence-corrected chi connectivity index (χ4v) is 1.96. The first-order chi connectivity index (χ1) is 10.3. The van der Waals surface area contributed by atoms with Crippen LogP contribution in [-0.4, -0.2) is 19.7 Å². The molecule has 0 fully saturated rings. The predicted molar refractivity (Wildman–Crippen MR) is 87.5 cm³/mol. The minimum Gasteiger partial charge on any atom is -0.481 e. The smallest absolute Gasteiger partial charge is 0.149 e. The van der Waals surface area contributed by atoms with Gasteiger partial charge >= 0.3 is 0 Å². The maximum Gasteiger partial charge on any atom is 0.149 e. The topological polar surface area (TPSA) is 21.3 Å². The molecule has 1 N–H and O–H groups in total. The van der Waals surface area contributed by atoms with Gasteiger partial charge in [0, 0.05) is 11.6 Å². The van der Waals surface area contributed by atoms with Gasteiger partial charge in [-0.25, -0.2) is 0 Å². The monoisotopic (exact) mass is 279 g/mol. The van der Waals surface area contributed by atoms with Crippen LogP contribution in [0, 0.1) is 11.8 Å². The highest BCUT2D eigenvalue weighted by molar-refractivity contribution is 5.34. The lowest BCUT2D eigenvalue weighted by molar-refractivity contribution is 0.370. The van der Waals surface area contributed by atoms with E-state index < -0.39 is 0 Å². The molecule has 0 saturated carbocycles. The number of hydrogen-bond donors (Lipinski definition) is 1. The van der Waals surface area contributed by atoms with Gasteiger partial charge in [0.25, 0.3) is 0 Å². The second-order valence-corrected chi connectivity index (χ2v) is 4.99. The van der Waals surface area contributed by atoms with Crippen LogP contribution in [0.25, 0.3) is 0 Å². The van der Waals surface area contributed by atoms with Gasteiger partial charge in [-0.2, -0.15) is 0 Å². The van der Waals surface area contributed by atoms with E-state index in [9.17, 15) is 0 Å². The highest BCUT2D eigenvalue weighted by atomic mass is 16.5. The molecule has 2 heteroatoms. The van der Waals surface area contributed by atoms with Gasteiger partial charge in [-0.3, -0.25) is 0 Å². The van der Waals surface area contributed by atoms with Crippen molar-refractivity contribution in [3.8, 4) is 17.6 Å². The Kier molecular flexibility index (Phi) is 5.87. The molecule has 2 nitrogen and oxygen atoms in total. The zero-order chi connectivity index (χ0) is 14.9. The summed E-state index contributed by atoms with van der Waals surface area (Å²) in [6.45, 7) is 2.57. The summed E-state index contributed by atoms with van der Waals surface area (Å²) in [5.41, 5.74) is 2.32. The van der Waals surface area contributed by atoms with Crippen LogP contribution in [0.15, 0.2) is 54.6 Å². The van der Waals surface area contributed by atoms with Crippen LogP contribution in [0.1, 0.15) is 18.1 Å². The van der Waals surface area contributed by atoms with Crippen molar-refractivity contribution in [3.63, 3.8) is 0 Å². The molecule has 21 heavy (non-hydrogen) atoms. The molecule has 0 spiro atoms. The molecule has 0 radical (unpaired) electrons. The molecule has 0 saturated heterocycles. The summed E-state index contributed by atoms with van der Waals surface area (Å²) < 4.78 is 5.62. The Bertz CT molecular complexity index is 593. The largest absolute Gasteiger partial charge is 0.481 e. The van der Waals surface area contributed by atoms with Crippen molar-refractivity contribution in [3.05, 3.63) is 65.7 Å². The standard InChI is InChI=1S/C19H21NO/c1-16(20-2)15-18-10-12-19(13-11-18)21-14-6-9-17-7-4-3-5-8-17/h3-5,7-8,10-13,16,20H,14-15H2,1-2H3. The number of likely N-dealkylation sites (N-methyl/N-ethyl adjacent to an activating group) is 1. The van der Waals surface area contributed by atoms with Gasteiger partial charge in [-0.15, -0.1) is 0 Å². The molecular weight excluding hydrogens is 258 g/mol. The zero-order valence-electron chi connectivity index (χ0n) is 12.6. The van der Waals surface area contributed by atoms with Crippen LogP contribution in [0.3, 0.4) is 0 Å². The van der Waals surface area contributed by atoms with E-state index in [1.165, 1.54) is 5.56 Å². The first kappa shape index (κ1) is 15.2. The van der Waals surface area contributed by atoms with Crippen LogP contribution < -0.4 is 10.1 Å². The summed E-state index contributed by atoms with van der Waals surface area (Å²) in [5, 5.41) is 3.24. The lowest BCUT2D eigenvalue weighted by atomic mass is 10.1. The van der Waals surface area contributed by atoms with Crippen LogP contribution in [0.2, 0.25) is 0 Å². The molecule has 0 aliphatic heterocycles. The van der Waals surface area contributed by atoms with Crippen molar-refractivity contribution < 1.29 is 4.74 Å². The van der Waals surface area contributed by atoms with E-state index >= 15 is 0 Å². The molecule has 2 rings (SSSR count). The van der Waals surface area contributed by atoms with Crippen molar-refractivity contribution in [1.29, 1.82) is 0 Å². The summed E-state index contributed by atoms with van der Waals surface area (Å²) >= 11 is 0. The van der Waals surface area contributed by atoms with Gasteiger partial charge in [0.05, 0.1) is 0 Å². The molecule has 108 valence electrons. The van der Waals surface area contributed by atoms with Crippen LogP contribution in [0.4, 0.5) is 0 Å². The van der Waals surface area contributed by atoms with E-state index in [-0.39, 0.29) is 0 Å². The number of rotatable bonds is 5. The van der Waals surface area contributed by atoms with Crippen molar-refractivity contribution in [2.45, 2.75) is 19.4 Å². The van der Waals surface area contributed by atoms with E-state index in [1.54, 1.807) is 0 Å². The van der Waals surface area contributed by atoms with Crippen molar-refractivity contribution in [2.24, 2.45) is 0 Å². The highest BCUT2D eigenvalue weighted by Gasteiger charge is 2.00. The second kappa shape index (κ2) is 8.14. The zero-order valence-corrected chi connectivity index (χ0v) is 12.6. The Morgan fingerprint density at radius 3 is 2.43 bits per heavy atom. The van der Waals surface area contributed by atoms with Crippen molar-refractivity contribution in [1.82, 2.24) is 5.32 Å². The molecule has 0 aliphatic carbocycles. The van der Waals surface area contributed by atoms with E-state index in [0.717, 1.165) is 17.7 Å². The summed E-state index contributed by atoms with van der Waals surface area (Å²) in [7, 11) is 1.98. The Morgan fingerprint density at radius 1 is 1.05 bits per heavy atom. The lowest BCUT2D eigenvalue weighted by Gasteiger charge is -2.10. The fraction of sp³-hybridized carbons (Fsp3) is 0.263.